The van der Waals surface area contributed by atoms with Gasteiger partial charge in [-0.25, -0.2) is 0 Å². The van der Waals surface area contributed by atoms with E-state index in [1.807, 2.05) is 35.2 Å². The van der Waals surface area contributed by atoms with Crippen molar-refractivity contribution in [3.8, 4) is 0 Å². The maximum absolute atomic E-state index is 12.4. The molecular formula is C21H27N3O2S. The highest BCUT2D eigenvalue weighted by atomic mass is 32.1. The molecule has 2 amide bonds. The van der Waals surface area contributed by atoms with Gasteiger partial charge in [-0.05, 0) is 48.5 Å². The van der Waals surface area contributed by atoms with Crippen LogP contribution in [0.25, 0.3) is 0 Å². The molecule has 1 aromatic carbocycles. The second kappa shape index (κ2) is 9.67. The Labute approximate surface area is 165 Å². The van der Waals surface area contributed by atoms with Gasteiger partial charge in [0.1, 0.15) is 0 Å². The fourth-order valence-electron chi connectivity index (χ4n) is 3.23. The predicted octanol–water partition coefficient (Wildman–Crippen LogP) is 3.12. The minimum absolute atomic E-state index is 0.0191. The summed E-state index contributed by atoms with van der Waals surface area (Å²) in [5.74, 6) is 0.126. The molecule has 2 aromatic rings. The summed E-state index contributed by atoms with van der Waals surface area (Å²) in [4.78, 5) is 29.9. The first-order valence-electron chi connectivity index (χ1n) is 9.55. The molecule has 1 aliphatic heterocycles. The standard InChI is InChI=1S/C21H27N3O2S/c1-2-23(15-19-6-5-13-27-19)16-20(25)22-14-17-7-9-18(10-8-17)21(26)24-11-3-4-12-24/h5-10,13H,2-4,11-12,14-16H2,1H3,(H,22,25). The lowest BCUT2D eigenvalue weighted by atomic mass is 10.1. The van der Waals surface area contributed by atoms with Gasteiger partial charge in [0.2, 0.25) is 5.91 Å². The molecule has 6 heteroatoms. The number of rotatable bonds is 8. The summed E-state index contributed by atoms with van der Waals surface area (Å²) in [5, 5.41) is 5.03. The van der Waals surface area contributed by atoms with Crippen LogP contribution in [0.1, 0.15) is 40.6 Å². The molecule has 1 saturated heterocycles. The molecule has 1 aromatic heterocycles. The van der Waals surface area contributed by atoms with Crippen LogP contribution in [-0.4, -0.2) is 47.8 Å². The Balaban J connectivity index is 1.46. The molecule has 5 nitrogen and oxygen atoms in total. The quantitative estimate of drug-likeness (QED) is 0.760. The van der Waals surface area contributed by atoms with E-state index in [0.29, 0.717) is 13.1 Å². The molecule has 27 heavy (non-hydrogen) atoms. The number of hydrogen-bond donors (Lipinski definition) is 1. The third kappa shape index (κ3) is 5.65. The number of carbonyl (C=O) groups excluding carboxylic acids is 2. The van der Waals surface area contributed by atoms with Crippen LogP contribution >= 0.6 is 11.3 Å². The minimum Gasteiger partial charge on any atom is -0.351 e. The van der Waals surface area contributed by atoms with E-state index in [-0.39, 0.29) is 11.8 Å². The van der Waals surface area contributed by atoms with Gasteiger partial charge >= 0.3 is 0 Å². The van der Waals surface area contributed by atoms with Crippen LogP contribution in [-0.2, 0) is 17.9 Å². The molecule has 0 aliphatic carbocycles. The van der Waals surface area contributed by atoms with Gasteiger partial charge in [-0.15, -0.1) is 11.3 Å². The van der Waals surface area contributed by atoms with Gasteiger partial charge in [0, 0.05) is 36.6 Å². The number of nitrogens with one attached hydrogen (secondary N) is 1. The van der Waals surface area contributed by atoms with Crippen LogP contribution in [0, 0.1) is 0 Å². The summed E-state index contributed by atoms with van der Waals surface area (Å²) in [7, 11) is 0. The summed E-state index contributed by atoms with van der Waals surface area (Å²) in [6, 6.07) is 11.7. The van der Waals surface area contributed by atoms with E-state index in [9.17, 15) is 9.59 Å². The number of carbonyl (C=O) groups is 2. The SMILES string of the molecule is CCN(CC(=O)NCc1ccc(C(=O)N2CCCC2)cc1)Cc1cccs1. The predicted molar refractivity (Wildman–Crippen MR) is 109 cm³/mol. The molecule has 0 atom stereocenters. The van der Waals surface area contributed by atoms with Crippen molar-refractivity contribution >= 4 is 23.2 Å². The Morgan fingerprint density at radius 2 is 1.89 bits per heavy atom. The van der Waals surface area contributed by atoms with Crippen molar-refractivity contribution in [3.05, 3.63) is 57.8 Å². The van der Waals surface area contributed by atoms with Gasteiger partial charge in [0.05, 0.1) is 6.54 Å². The first-order chi connectivity index (χ1) is 13.2. The lowest BCUT2D eigenvalue weighted by molar-refractivity contribution is -0.122. The van der Waals surface area contributed by atoms with Crippen molar-refractivity contribution < 1.29 is 9.59 Å². The Morgan fingerprint density at radius 3 is 2.52 bits per heavy atom. The number of amides is 2. The molecule has 0 unspecified atom stereocenters. The Bertz CT molecular complexity index is 737. The zero-order chi connectivity index (χ0) is 19.1. The molecule has 2 heterocycles. The van der Waals surface area contributed by atoms with Crippen molar-refractivity contribution in [2.45, 2.75) is 32.9 Å². The normalized spacial score (nSPS) is 13.9. The number of benzene rings is 1. The van der Waals surface area contributed by atoms with Crippen LogP contribution in [0.15, 0.2) is 41.8 Å². The number of thiophene rings is 1. The lowest BCUT2D eigenvalue weighted by Crippen LogP contribution is -2.36. The van der Waals surface area contributed by atoms with Crippen molar-refractivity contribution in [3.63, 3.8) is 0 Å². The Kier molecular flexibility index (Phi) is 7.01. The van der Waals surface area contributed by atoms with Crippen LogP contribution in [0.3, 0.4) is 0 Å². The highest BCUT2D eigenvalue weighted by Gasteiger charge is 2.19. The second-order valence-corrected chi connectivity index (χ2v) is 7.89. The topological polar surface area (TPSA) is 52.7 Å². The smallest absolute Gasteiger partial charge is 0.253 e. The van der Waals surface area contributed by atoms with E-state index >= 15 is 0 Å². The molecule has 3 rings (SSSR count). The van der Waals surface area contributed by atoms with E-state index < -0.39 is 0 Å². The summed E-state index contributed by atoms with van der Waals surface area (Å²) >= 11 is 1.71. The van der Waals surface area contributed by atoms with E-state index in [2.05, 4.69) is 28.6 Å². The molecule has 0 spiro atoms. The number of hydrogen-bond acceptors (Lipinski definition) is 4. The maximum Gasteiger partial charge on any atom is 0.253 e. The highest BCUT2D eigenvalue weighted by Crippen LogP contribution is 2.14. The van der Waals surface area contributed by atoms with E-state index in [1.165, 1.54) is 4.88 Å². The van der Waals surface area contributed by atoms with Gasteiger partial charge in [-0.3, -0.25) is 14.5 Å². The van der Waals surface area contributed by atoms with Crippen LogP contribution in [0.5, 0.6) is 0 Å². The van der Waals surface area contributed by atoms with Crippen LogP contribution in [0.4, 0.5) is 0 Å². The van der Waals surface area contributed by atoms with E-state index in [4.69, 9.17) is 0 Å². The van der Waals surface area contributed by atoms with Crippen molar-refractivity contribution in [1.29, 1.82) is 0 Å². The first-order valence-corrected chi connectivity index (χ1v) is 10.4. The van der Waals surface area contributed by atoms with Crippen molar-refractivity contribution in [1.82, 2.24) is 15.1 Å². The molecule has 1 fully saturated rings. The zero-order valence-electron chi connectivity index (χ0n) is 15.8. The molecular weight excluding hydrogens is 358 g/mol. The maximum atomic E-state index is 12.4. The summed E-state index contributed by atoms with van der Waals surface area (Å²) in [6.07, 6.45) is 2.19. The minimum atomic E-state index is 0.0191. The van der Waals surface area contributed by atoms with E-state index in [0.717, 1.165) is 50.1 Å². The monoisotopic (exact) mass is 385 g/mol. The second-order valence-electron chi connectivity index (χ2n) is 6.86. The molecule has 1 N–H and O–H groups in total. The molecule has 0 radical (unpaired) electrons. The van der Waals surface area contributed by atoms with Gasteiger partial charge in [0.25, 0.3) is 5.91 Å². The molecule has 144 valence electrons. The Hall–Kier alpha value is -2.18. The van der Waals surface area contributed by atoms with Crippen LogP contribution < -0.4 is 5.32 Å². The third-order valence-corrected chi connectivity index (χ3v) is 5.72. The summed E-state index contributed by atoms with van der Waals surface area (Å²) < 4.78 is 0. The van der Waals surface area contributed by atoms with Crippen molar-refractivity contribution in [2.24, 2.45) is 0 Å². The largest absolute Gasteiger partial charge is 0.351 e. The lowest BCUT2D eigenvalue weighted by Gasteiger charge is -2.19. The number of nitrogens with zero attached hydrogens (tertiary/aromatic N) is 2. The van der Waals surface area contributed by atoms with Crippen LogP contribution in [0.2, 0.25) is 0 Å². The van der Waals surface area contributed by atoms with Gasteiger partial charge in [-0.2, -0.15) is 0 Å². The summed E-state index contributed by atoms with van der Waals surface area (Å²) in [5.41, 5.74) is 1.72. The number of likely N-dealkylation sites (N-methyl/N-ethyl adjacent to an activating group) is 1. The summed E-state index contributed by atoms with van der Waals surface area (Å²) in [6.45, 7) is 6.28. The molecule has 0 saturated carbocycles. The van der Waals surface area contributed by atoms with Gasteiger partial charge in [0.15, 0.2) is 0 Å². The van der Waals surface area contributed by atoms with Gasteiger partial charge < -0.3 is 10.2 Å². The van der Waals surface area contributed by atoms with E-state index in [1.54, 1.807) is 11.3 Å². The Morgan fingerprint density at radius 1 is 1.15 bits per heavy atom. The van der Waals surface area contributed by atoms with Gasteiger partial charge in [-0.1, -0.05) is 25.1 Å². The fraction of sp³-hybridized carbons (Fsp3) is 0.429. The zero-order valence-corrected chi connectivity index (χ0v) is 16.6. The number of likely N-dealkylation sites (tertiary alicyclic amines) is 1. The third-order valence-electron chi connectivity index (χ3n) is 4.86. The average Bonchev–Trinajstić information content (AvgIpc) is 3.39. The van der Waals surface area contributed by atoms with Crippen molar-refractivity contribution in [2.75, 3.05) is 26.2 Å². The fourth-order valence-corrected chi connectivity index (χ4v) is 3.98. The first kappa shape index (κ1) is 19.6. The molecule has 0 bridgehead atoms. The average molecular weight is 386 g/mol. The molecule has 1 aliphatic rings. The highest BCUT2D eigenvalue weighted by molar-refractivity contribution is 7.09.